The lowest BCUT2D eigenvalue weighted by atomic mass is 10.3. The molecular formula is C9H9N5O. The molecule has 0 bridgehead atoms. The van der Waals surface area contributed by atoms with E-state index in [1.165, 1.54) is 6.20 Å². The molecule has 1 amide bonds. The second-order valence-electron chi connectivity index (χ2n) is 3.00. The molecule has 0 saturated heterocycles. The quantitative estimate of drug-likeness (QED) is 0.754. The predicted octanol–water partition coefficient (Wildman–Crippen LogP) is 0.760. The van der Waals surface area contributed by atoms with Crippen molar-refractivity contribution in [2.45, 2.75) is 6.92 Å². The molecular weight excluding hydrogens is 194 g/mol. The maximum Gasteiger partial charge on any atom is 0.277 e. The van der Waals surface area contributed by atoms with Crippen molar-refractivity contribution in [3.63, 3.8) is 0 Å². The van der Waals surface area contributed by atoms with Crippen LogP contribution in [0.4, 0.5) is 5.69 Å². The molecule has 0 unspecified atom stereocenters. The monoisotopic (exact) mass is 203 g/mol. The summed E-state index contributed by atoms with van der Waals surface area (Å²) in [6.07, 6.45) is 2.95. The third-order valence-electron chi connectivity index (χ3n) is 1.82. The number of aromatic amines is 1. The summed E-state index contributed by atoms with van der Waals surface area (Å²) in [7, 11) is 0. The highest BCUT2D eigenvalue weighted by Crippen LogP contribution is 2.06. The van der Waals surface area contributed by atoms with Gasteiger partial charge in [0.15, 0.2) is 5.69 Å². The van der Waals surface area contributed by atoms with Crippen LogP contribution in [0.15, 0.2) is 24.5 Å². The first-order chi connectivity index (χ1) is 7.25. The summed E-state index contributed by atoms with van der Waals surface area (Å²) >= 11 is 0. The Morgan fingerprint density at radius 1 is 1.40 bits per heavy atom. The molecule has 0 radical (unpaired) electrons. The summed E-state index contributed by atoms with van der Waals surface area (Å²) in [5.74, 6) is -0.311. The van der Waals surface area contributed by atoms with Gasteiger partial charge in [0.1, 0.15) is 0 Å². The van der Waals surface area contributed by atoms with Crippen molar-refractivity contribution in [1.82, 2.24) is 20.4 Å². The number of nitrogens with zero attached hydrogens (tertiary/aromatic N) is 3. The fraction of sp³-hybridized carbons (Fsp3) is 0.111. The normalized spacial score (nSPS) is 9.93. The Hall–Kier alpha value is -2.24. The van der Waals surface area contributed by atoms with Crippen LogP contribution in [-0.4, -0.2) is 26.3 Å². The zero-order chi connectivity index (χ0) is 10.7. The number of pyridine rings is 1. The van der Waals surface area contributed by atoms with Crippen molar-refractivity contribution in [3.05, 3.63) is 35.9 Å². The zero-order valence-corrected chi connectivity index (χ0v) is 8.06. The maximum atomic E-state index is 11.5. The highest BCUT2D eigenvalue weighted by Gasteiger charge is 2.08. The van der Waals surface area contributed by atoms with Crippen LogP contribution in [0.2, 0.25) is 0 Å². The molecule has 2 N–H and O–H groups in total. The van der Waals surface area contributed by atoms with Gasteiger partial charge in [-0.05, 0) is 19.1 Å². The number of hydrogen-bond donors (Lipinski definition) is 2. The largest absolute Gasteiger partial charge is 0.319 e. The van der Waals surface area contributed by atoms with Gasteiger partial charge in [-0.1, -0.05) is 0 Å². The molecule has 2 heterocycles. The van der Waals surface area contributed by atoms with Gasteiger partial charge < -0.3 is 5.32 Å². The van der Waals surface area contributed by atoms with Crippen molar-refractivity contribution in [2.24, 2.45) is 0 Å². The predicted molar refractivity (Wildman–Crippen MR) is 53.3 cm³/mol. The van der Waals surface area contributed by atoms with E-state index in [1.54, 1.807) is 12.3 Å². The van der Waals surface area contributed by atoms with Gasteiger partial charge in [0.05, 0.1) is 18.1 Å². The molecule has 15 heavy (non-hydrogen) atoms. The van der Waals surface area contributed by atoms with Crippen LogP contribution in [0.1, 0.15) is 16.2 Å². The second-order valence-corrected chi connectivity index (χ2v) is 3.00. The van der Waals surface area contributed by atoms with Crippen molar-refractivity contribution >= 4 is 11.6 Å². The Balaban J connectivity index is 2.09. The van der Waals surface area contributed by atoms with E-state index in [-0.39, 0.29) is 11.6 Å². The van der Waals surface area contributed by atoms with Crippen LogP contribution in [0.5, 0.6) is 0 Å². The van der Waals surface area contributed by atoms with Crippen molar-refractivity contribution < 1.29 is 4.79 Å². The molecule has 6 heteroatoms. The highest BCUT2D eigenvalue weighted by molar-refractivity contribution is 6.02. The smallest absolute Gasteiger partial charge is 0.277 e. The minimum atomic E-state index is -0.311. The van der Waals surface area contributed by atoms with E-state index in [1.807, 2.05) is 13.0 Å². The summed E-state index contributed by atoms with van der Waals surface area (Å²) in [4.78, 5) is 15.6. The van der Waals surface area contributed by atoms with Gasteiger partial charge in [0.2, 0.25) is 0 Å². The number of rotatable bonds is 2. The van der Waals surface area contributed by atoms with E-state index in [0.717, 1.165) is 5.69 Å². The number of H-pyrrole nitrogens is 1. The van der Waals surface area contributed by atoms with E-state index < -0.39 is 0 Å². The van der Waals surface area contributed by atoms with Crippen molar-refractivity contribution in [1.29, 1.82) is 0 Å². The Kier molecular flexibility index (Phi) is 2.40. The summed E-state index contributed by atoms with van der Waals surface area (Å²) in [5, 5.41) is 12.2. The number of amides is 1. The SMILES string of the molecule is Cc1ccc(NC(=O)c2cn[nH]n2)cn1. The molecule has 6 nitrogen and oxygen atoms in total. The molecule has 2 aromatic heterocycles. The van der Waals surface area contributed by atoms with Crippen molar-refractivity contribution in [2.75, 3.05) is 5.32 Å². The third-order valence-corrected chi connectivity index (χ3v) is 1.82. The topological polar surface area (TPSA) is 83.6 Å². The van der Waals surface area contributed by atoms with Gasteiger partial charge in [0.25, 0.3) is 5.91 Å². The molecule has 0 aromatic carbocycles. The van der Waals surface area contributed by atoms with Crippen LogP contribution in [0.3, 0.4) is 0 Å². The highest BCUT2D eigenvalue weighted by atomic mass is 16.2. The maximum absolute atomic E-state index is 11.5. The summed E-state index contributed by atoms with van der Waals surface area (Å²) < 4.78 is 0. The minimum absolute atomic E-state index is 0.246. The zero-order valence-electron chi connectivity index (χ0n) is 8.06. The minimum Gasteiger partial charge on any atom is -0.319 e. The van der Waals surface area contributed by atoms with Gasteiger partial charge in [0, 0.05) is 5.69 Å². The Morgan fingerprint density at radius 2 is 2.27 bits per heavy atom. The van der Waals surface area contributed by atoms with Crippen LogP contribution >= 0.6 is 0 Å². The van der Waals surface area contributed by atoms with Crippen LogP contribution in [-0.2, 0) is 0 Å². The average Bonchev–Trinajstić information content (AvgIpc) is 2.74. The lowest BCUT2D eigenvalue weighted by molar-refractivity contribution is 0.102. The number of aryl methyl sites for hydroxylation is 1. The molecule has 2 rings (SSSR count). The molecule has 0 aliphatic rings. The molecule has 2 aromatic rings. The molecule has 76 valence electrons. The van der Waals surface area contributed by atoms with Crippen molar-refractivity contribution in [3.8, 4) is 0 Å². The average molecular weight is 203 g/mol. The van der Waals surface area contributed by atoms with Crippen LogP contribution in [0.25, 0.3) is 0 Å². The summed E-state index contributed by atoms with van der Waals surface area (Å²) in [6.45, 7) is 1.88. The number of hydrogen-bond acceptors (Lipinski definition) is 4. The summed E-state index contributed by atoms with van der Waals surface area (Å²) in [6, 6.07) is 3.60. The molecule has 0 fully saturated rings. The number of carbonyl (C=O) groups is 1. The molecule has 0 spiro atoms. The first kappa shape index (κ1) is 9.32. The van der Waals surface area contributed by atoms with E-state index in [4.69, 9.17) is 0 Å². The van der Waals surface area contributed by atoms with E-state index in [2.05, 4.69) is 25.7 Å². The third kappa shape index (κ3) is 2.16. The summed E-state index contributed by atoms with van der Waals surface area (Å²) in [5.41, 5.74) is 1.78. The van der Waals surface area contributed by atoms with Gasteiger partial charge in [-0.3, -0.25) is 9.78 Å². The van der Waals surface area contributed by atoms with Gasteiger partial charge in [-0.25, -0.2) is 0 Å². The van der Waals surface area contributed by atoms with E-state index in [0.29, 0.717) is 5.69 Å². The fourth-order valence-electron chi connectivity index (χ4n) is 1.05. The van der Waals surface area contributed by atoms with Crippen LogP contribution < -0.4 is 5.32 Å². The lowest BCUT2D eigenvalue weighted by Crippen LogP contribution is -2.12. The standard InChI is InChI=1S/C9H9N5O/c1-6-2-3-7(4-10-6)12-9(15)8-5-11-14-13-8/h2-5H,1H3,(H,12,15)(H,11,13,14). The first-order valence-electron chi connectivity index (χ1n) is 4.35. The van der Waals surface area contributed by atoms with Gasteiger partial charge in [-0.15, -0.1) is 0 Å². The second kappa shape index (κ2) is 3.87. The Labute approximate surface area is 85.7 Å². The van der Waals surface area contributed by atoms with Gasteiger partial charge in [-0.2, -0.15) is 15.4 Å². The molecule has 0 atom stereocenters. The first-order valence-corrected chi connectivity index (χ1v) is 4.35. The van der Waals surface area contributed by atoms with Crippen LogP contribution in [0, 0.1) is 6.92 Å². The number of anilines is 1. The van der Waals surface area contributed by atoms with E-state index in [9.17, 15) is 4.79 Å². The molecule has 0 saturated carbocycles. The number of carbonyl (C=O) groups excluding carboxylic acids is 1. The fourth-order valence-corrected chi connectivity index (χ4v) is 1.05. The Morgan fingerprint density at radius 3 is 2.87 bits per heavy atom. The van der Waals surface area contributed by atoms with E-state index >= 15 is 0 Å². The molecule has 0 aliphatic carbocycles. The number of nitrogens with one attached hydrogen (secondary N) is 2. The lowest BCUT2D eigenvalue weighted by Gasteiger charge is -2.01. The van der Waals surface area contributed by atoms with Gasteiger partial charge >= 0.3 is 0 Å². The molecule has 0 aliphatic heterocycles. The Bertz CT molecular complexity index is 448. The number of aromatic nitrogens is 4.